The molecule has 0 bridgehead atoms. The molecule has 20 heavy (non-hydrogen) atoms. The number of aromatic nitrogens is 1. The molecule has 1 N–H and O–H groups in total. The lowest BCUT2D eigenvalue weighted by atomic mass is 10.2. The smallest absolute Gasteiger partial charge is 0.262 e. The first-order chi connectivity index (χ1) is 9.65. The quantitative estimate of drug-likeness (QED) is 0.713. The van der Waals surface area contributed by atoms with Crippen LogP contribution in [0.25, 0.3) is 22.4 Å². The number of benzene rings is 2. The van der Waals surface area contributed by atoms with Gasteiger partial charge in [0.2, 0.25) is 5.52 Å². The van der Waals surface area contributed by atoms with Crippen LogP contribution >= 0.6 is 11.3 Å². The van der Waals surface area contributed by atoms with E-state index in [0.717, 1.165) is 10.6 Å². The molecule has 0 saturated heterocycles. The van der Waals surface area contributed by atoms with Gasteiger partial charge in [-0.3, -0.25) is 0 Å². The molecule has 100 valence electrons. The third-order valence-electron chi connectivity index (χ3n) is 3.16. The molecule has 0 saturated carbocycles. The van der Waals surface area contributed by atoms with Crippen LogP contribution in [0.15, 0.2) is 42.5 Å². The summed E-state index contributed by atoms with van der Waals surface area (Å²) in [6.45, 7) is 0. The van der Waals surface area contributed by atoms with Gasteiger partial charge in [0.15, 0.2) is 11.6 Å². The molecular weight excluding hydrogens is 273 g/mol. The van der Waals surface area contributed by atoms with Gasteiger partial charge in [0.1, 0.15) is 11.7 Å². The molecule has 0 aliphatic carbocycles. The first-order valence-electron chi connectivity index (χ1n) is 6.19. The molecule has 4 heteroatoms. The van der Waals surface area contributed by atoms with Gasteiger partial charge < -0.3 is 5.11 Å². The summed E-state index contributed by atoms with van der Waals surface area (Å²) >= 11 is 1.68. The van der Waals surface area contributed by atoms with E-state index in [2.05, 4.69) is 16.7 Å². The van der Waals surface area contributed by atoms with Crippen LogP contribution in [0.4, 0.5) is 4.39 Å². The van der Waals surface area contributed by atoms with Crippen LogP contribution in [0.3, 0.4) is 0 Å². The highest BCUT2D eigenvalue weighted by Crippen LogP contribution is 2.22. The minimum atomic E-state index is -0.604. The Labute approximate surface area is 120 Å². The Morgan fingerprint density at radius 1 is 1.15 bits per heavy atom. The number of thiazole rings is 1. The summed E-state index contributed by atoms with van der Waals surface area (Å²) < 4.78 is 16.6. The zero-order valence-electron chi connectivity index (χ0n) is 10.9. The summed E-state index contributed by atoms with van der Waals surface area (Å²) in [5.41, 5.74) is 1.90. The molecule has 1 heterocycles. The molecule has 3 aromatic rings. The van der Waals surface area contributed by atoms with E-state index in [9.17, 15) is 4.39 Å². The number of aromatic hydroxyl groups is 1. The highest BCUT2D eigenvalue weighted by atomic mass is 32.1. The van der Waals surface area contributed by atoms with Crippen molar-refractivity contribution in [1.29, 1.82) is 0 Å². The van der Waals surface area contributed by atoms with Crippen molar-refractivity contribution < 1.29 is 14.1 Å². The monoisotopic (exact) mass is 286 g/mol. The molecule has 3 rings (SSSR count). The van der Waals surface area contributed by atoms with E-state index in [1.54, 1.807) is 17.4 Å². The second kappa shape index (κ2) is 5.06. The fourth-order valence-corrected chi connectivity index (χ4v) is 3.11. The van der Waals surface area contributed by atoms with Crippen molar-refractivity contribution in [1.82, 2.24) is 0 Å². The number of aryl methyl sites for hydroxylation is 1. The van der Waals surface area contributed by atoms with Gasteiger partial charge in [-0.15, -0.1) is 0 Å². The number of hydrogen-bond acceptors (Lipinski definition) is 2. The van der Waals surface area contributed by atoms with Crippen molar-refractivity contribution in [2.45, 2.75) is 0 Å². The number of halogens is 1. The molecule has 0 unspecified atom stereocenters. The molecule has 0 aliphatic rings. The van der Waals surface area contributed by atoms with E-state index >= 15 is 0 Å². The van der Waals surface area contributed by atoms with Crippen LogP contribution in [0.5, 0.6) is 5.75 Å². The first kappa shape index (κ1) is 12.8. The van der Waals surface area contributed by atoms with Crippen LogP contribution in [-0.4, -0.2) is 5.11 Å². The Morgan fingerprint density at radius 2 is 1.95 bits per heavy atom. The van der Waals surface area contributed by atoms with Crippen molar-refractivity contribution in [3.8, 4) is 5.75 Å². The van der Waals surface area contributed by atoms with Gasteiger partial charge in [0.25, 0.3) is 5.01 Å². The highest BCUT2D eigenvalue weighted by molar-refractivity contribution is 7.18. The van der Waals surface area contributed by atoms with Crippen LogP contribution in [-0.2, 0) is 7.05 Å². The van der Waals surface area contributed by atoms with Crippen LogP contribution in [0.2, 0.25) is 0 Å². The number of para-hydroxylation sites is 1. The van der Waals surface area contributed by atoms with E-state index in [-0.39, 0.29) is 5.75 Å². The second-order valence-corrected chi connectivity index (χ2v) is 5.57. The number of fused-ring (bicyclic) bond motifs is 1. The second-order valence-electron chi connectivity index (χ2n) is 4.51. The van der Waals surface area contributed by atoms with Gasteiger partial charge in [-0.2, -0.15) is 4.57 Å². The standard InChI is InChI=1S/C16H12FNOS/c1-18-13-4-2-3-5-15(13)20-16(18)9-7-11-6-8-14(19)12(17)10-11/h2-10H,1H3/p+1. The molecule has 0 aliphatic heterocycles. The summed E-state index contributed by atoms with van der Waals surface area (Å²) in [5.74, 6) is -0.928. The lowest BCUT2D eigenvalue weighted by Gasteiger charge is -1.96. The van der Waals surface area contributed by atoms with E-state index in [4.69, 9.17) is 5.11 Å². The molecular formula is C16H13FNOS+. The highest BCUT2D eigenvalue weighted by Gasteiger charge is 2.13. The molecule has 2 aromatic carbocycles. The molecule has 0 radical (unpaired) electrons. The predicted molar refractivity (Wildman–Crippen MR) is 80.0 cm³/mol. The molecule has 0 spiro atoms. The van der Waals surface area contributed by atoms with Crippen molar-refractivity contribution in [2.75, 3.05) is 0 Å². The predicted octanol–water partition coefficient (Wildman–Crippen LogP) is 3.74. The van der Waals surface area contributed by atoms with Crippen LogP contribution in [0.1, 0.15) is 10.6 Å². The van der Waals surface area contributed by atoms with Gasteiger partial charge >= 0.3 is 0 Å². The molecule has 0 atom stereocenters. The Balaban J connectivity index is 1.98. The topological polar surface area (TPSA) is 24.1 Å². The minimum absolute atomic E-state index is 0.324. The number of phenolic OH excluding ortho intramolecular Hbond substituents is 1. The van der Waals surface area contributed by atoms with Crippen LogP contribution < -0.4 is 4.57 Å². The lowest BCUT2D eigenvalue weighted by molar-refractivity contribution is -0.642. The number of nitrogens with zero attached hydrogens (tertiary/aromatic N) is 1. The molecule has 0 fully saturated rings. The molecule has 1 aromatic heterocycles. The van der Waals surface area contributed by atoms with Gasteiger partial charge in [-0.25, -0.2) is 4.39 Å². The maximum atomic E-state index is 13.3. The Morgan fingerprint density at radius 3 is 2.70 bits per heavy atom. The summed E-state index contributed by atoms with van der Waals surface area (Å²) in [7, 11) is 2.01. The summed E-state index contributed by atoms with van der Waals surface area (Å²) in [4.78, 5) is 0. The average molecular weight is 286 g/mol. The van der Waals surface area contributed by atoms with E-state index in [1.807, 2.05) is 31.3 Å². The zero-order valence-corrected chi connectivity index (χ0v) is 11.7. The Hall–Kier alpha value is -2.20. The number of hydrogen-bond donors (Lipinski definition) is 1. The van der Waals surface area contributed by atoms with Crippen molar-refractivity contribution in [3.05, 3.63) is 58.9 Å². The normalized spacial score (nSPS) is 11.5. The van der Waals surface area contributed by atoms with E-state index < -0.39 is 5.82 Å². The summed E-state index contributed by atoms with van der Waals surface area (Å²) in [5, 5.41) is 10.3. The van der Waals surface area contributed by atoms with E-state index in [0.29, 0.717) is 0 Å². The zero-order chi connectivity index (χ0) is 14.1. The summed E-state index contributed by atoms with van der Waals surface area (Å²) in [6, 6.07) is 12.5. The van der Waals surface area contributed by atoms with Gasteiger partial charge in [0.05, 0.1) is 0 Å². The maximum absolute atomic E-state index is 13.3. The third kappa shape index (κ3) is 2.30. The largest absolute Gasteiger partial charge is 0.505 e. The first-order valence-corrected chi connectivity index (χ1v) is 7.01. The van der Waals surface area contributed by atoms with Crippen molar-refractivity contribution in [3.63, 3.8) is 0 Å². The fraction of sp³-hybridized carbons (Fsp3) is 0.0625. The molecule has 0 amide bonds. The fourth-order valence-electron chi connectivity index (χ4n) is 2.06. The van der Waals surface area contributed by atoms with Gasteiger partial charge in [0, 0.05) is 12.1 Å². The SMILES string of the molecule is C[n+]1c(/C=C/c2ccc(O)c(F)c2)sc2ccccc21. The Kier molecular flexibility index (Phi) is 3.24. The Bertz CT molecular complexity index is 807. The average Bonchev–Trinajstić information content (AvgIpc) is 2.77. The maximum Gasteiger partial charge on any atom is 0.262 e. The third-order valence-corrected chi connectivity index (χ3v) is 4.35. The summed E-state index contributed by atoms with van der Waals surface area (Å²) in [6.07, 6.45) is 3.80. The van der Waals surface area contributed by atoms with Crippen molar-refractivity contribution in [2.24, 2.45) is 7.05 Å². The number of phenols is 1. The van der Waals surface area contributed by atoms with Crippen LogP contribution in [0, 0.1) is 5.82 Å². The van der Waals surface area contributed by atoms with E-state index in [1.165, 1.54) is 22.3 Å². The van der Waals surface area contributed by atoms with Gasteiger partial charge in [-0.1, -0.05) is 29.5 Å². The van der Waals surface area contributed by atoms with Gasteiger partial charge in [-0.05, 0) is 29.8 Å². The lowest BCUT2D eigenvalue weighted by Crippen LogP contribution is -2.28. The van der Waals surface area contributed by atoms with Crippen molar-refractivity contribution >= 4 is 33.7 Å². The number of rotatable bonds is 2. The molecule has 2 nitrogen and oxygen atoms in total. The minimum Gasteiger partial charge on any atom is -0.505 e.